The monoisotopic (exact) mass is 322 g/mol. The zero-order chi connectivity index (χ0) is 16.7. The highest BCUT2D eigenvalue weighted by Crippen LogP contribution is 2.31. The molecule has 0 aromatic carbocycles. The van der Waals surface area contributed by atoms with Gasteiger partial charge in [-0.25, -0.2) is 0 Å². The van der Waals surface area contributed by atoms with E-state index in [4.69, 9.17) is 0 Å². The molecular formula is C19H34N2O2. The Morgan fingerprint density at radius 2 is 1.74 bits per heavy atom. The highest BCUT2D eigenvalue weighted by molar-refractivity contribution is 5.81. The summed E-state index contributed by atoms with van der Waals surface area (Å²) in [6, 6.07) is 0.260. The first-order valence-electron chi connectivity index (χ1n) is 9.74. The van der Waals surface area contributed by atoms with Crippen LogP contribution in [0.4, 0.5) is 0 Å². The molecule has 0 radical (unpaired) electrons. The number of hydrogen-bond acceptors (Lipinski definition) is 2. The van der Waals surface area contributed by atoms with Crippen LogP contribution in [0, 0.1) is 11.8 Å². The van der Waals surface area contributed by atoms with Crippen molar-refractivity contribution in [2.45, 2.75) is 84.1 Å². The molecule has 0 aromatic heterocycles. The molecule has 4 heteroatoms. The first-order chi connectivity index (χ1) is 11.2. The molecule has 23 heavy (non-hydrogen) atoms. The summed E-state index contributed by atoms with van der Waals surface area (Å²) in [6.07, 6.45) is 10.8. The Bertz CT molecular complexity index is 385. The first-order valence-corrected chi connectivity index (χ1v) is 9.74. The molecule has 1 atom stereocenters. The summed E-state index contributed by atoms with van der Waals surface area (Å²) in [5, 5.41) is 3.24. The number of nitrogens with one attached hydrogen (secondary N) is 1. The maximum Gasteiger partial charge on any atom is 0.225 e. The van der Waals surface area contributed by atoms with E-state index in [1.807, 2.05) is 4.90 Å². The van der Waals surface area contributed by atoms with Crippen LogP contribution in [0.1, 0.15) is 78.1 Å². The average molecular weight is 322 g/mol. The molecule has 0 unspecified atom stereocenters. The van der Waals surface area contributed by atoms with Gasteiger partial charge < -0.3 is 10.2 Å². The van der Waals surface area contributed by atoms with E-state index in [1.165, 1.54) is 19.3 Å². The molecule has 1 aliphatic carbocycles. The third kappa shape index (κ3) is 5.82. The molecule has 1 saturated carbocycles. The van der Waals surface area contributed by atoms with Gasteiger partial charge in [-0.2, -0.15) is 0 Å². The van der Waals surface area contributed by atoms with Crippen LogP contribution in [0.25, 0.3) is 0 Å². The van der Waals surface area contributed by atoms with Gasteiger partial charge in [-0.05, 0) is 38.5 Å². The molecule has 1 aliphatic heterocycles. The van der Waals surface area contributed by atoms with E-state index in [0.717, 1.165) is 58.0 Å². The largest absolute Gasteiger partial charge is 0.353 e. The van der Waals surface area contributed by atoms with E-state index in [-0.39, 0.29) is 17.9 Å². The fourth-order valence-corrected chi connectivity index (χ4v) is 3.49. The maximum atomic E-state index is 12.4. The van der Waals surface area contributed by atoms with Crippen LogP contribution in [0.2, 0.25) is 0 Å². The van der Waals surface area contributed by atoms with Crippen molar-refractivity contribution in [2.75, 3.05) is 13.1 Å². The van der Waals surface area contributed by atoms with Crippen molar-refractivity contribution in [3.8, 4) is 0 Å². The minimum absolute atomic E-state index is 0.165. The Morgan fingerprint density at radius 1 is 1.04 bits per heavy atom. The van der Waals surface area contributed by atoms with Crippen LogP contribution >= 0.6 is 0 Å². The number of likely N-dealkylation sites (tertiary alicyclic amines) is 1. The zero-order valence-corrected chi connectivity index (χ0v) is 15.0. The van der Waals surface area contributed by atoms with E-state index in [1.54, 1.807) is 0 Å². The molecule has 4 nitrogen and oxygen atoms in total. The van der Waals surface area contributed by atoms with Gasteiger partial charge in [0.15, 0.2) is 0 Å². The molecule has 0 spiro atoms. The summed E-state index contributed by atoms with van der Waals surface area (Å²) < 4.78 is 0. The quantitative estimate of drug-likeness (QED) is 0.661. The summed E-state index contributed by atoms with van der Waals surface area (Å²) in [4.78, 5) is 26.5. The Kier molecular flexibility index (Phi) is 7.38. The number of amides is 2. The van der Waals surface area contributed by atoms with Gasteiger partial charge >= 0.3 is 0 Å². The number of nitrogens with zero attached hydrogens (tertiary/aromatic N) is 1. The van der Waals surface area contributed by atoms with Crippen LogP contribution in [0.5, 0.6) is 0 Å². The summed E-state index contributed by atoms with van der Waals surface area (Å²) in [5.41, 5.74) is 0. The molecule has 1 N–H and O–H groups in total. The second-order valence-corrected chi connectivity index (χ2v) is 7.34. The van der Waals surface area contributed by atoms with Gasteiger partial charge in [-0.15, -0.1) is 0 Å². The van der Waals surface area contributed by atoms with Crippen LogP contribution in [0.15, 0.2) is 0 Å². The van der Waals surface area contributed by atoms with Crippen molar-refractivity contribution in [3.05, 3.63) is 0 Å². The molecule has 1 saturated heterocycles. The Labute approximate surface area is 141 Å². The lowest BCUT2D eigenvalue weighted by atomic mass is 9.96. The van der Waals surface area contributed by atoms with E-state index in [9.17, 15) is 9.59 Å². The minimum Gasteiger partial charge on any atom is -0.353 e. The van der Waals surface area contributed by atoms with E-state index in [0.29, 0.717) is 11.8 Å². The molecule has 132 valence electrons. The highest BCUT2D eigenvalue weighted by Gasteiger charge is 2.35. The van der Waals surface area contributed by atoms with Crippen molar-refractivity contribution in [1.82, 2.24) is 10.2 Å². The van der Waals surface area contributed by atoms with Gasteiger partial charge in [0.2, 0.25) is 11.8 Å². The van der Waals surface area contributed by atoms with Crippen molar-refractivity contribution < 1.29 is 9.59 Å². The lowest BCUT2D eigenvalue weighted by Gasteiger charge is -2.33. The van der Waals surface area contributed by atoms with Gasteiger partial charge in [-0.3, -0.25) is 9.59 Å². The van der Waals surface area contributed by atoms with E-state index >= 15 is 0 Å². The van der Waals surface area contributed by atoms with Crippen LogP contribution in [-0.4, -0.2) is 35.8 Å². The third-order valence-corrected chi connectivity index (χ3v) is 5.35. The van der Waals surface area contributed by atoms with Crippen molar-refractivity contribution in [2.24, 2.45) is 11.8 Å². The lowest BCUT2D eigenvalue weighted by Crippen LogP contribution is -2.48. The SMILES string of the molecule is CCCCCC[C@@H](CC)C(=O)NC1CCN(C(=O)C2CC2)CC1. The fraction of sp³-hybridized carbons (Fsp3) is 0.895. The topological polar surface area (TPSA) is 49.4 Å². The van der Waals surface area contributed by atoms with Gasteiger partial charge in [0.1, 0.15) is 0 Å². The predicted octanol–water partition coefficient (Wildman–Crippen LogP) is 3.50. The van der Waals surface area contributed by atoms with Crippen LogP contribution in [-0.2, 0) is 9.59 Å². The number of hydrogen-bond donors (Lipinski definition) is 1. The Hall–Kier alpha value is -1.06. The number of carbonyl (C=O) groups excluding carboxylic acids is 2. The van der Waals surface area contributed by atoms with Gasteiger partial charge in [0.25, 0.3) is 0 Å². The van der Waals surface area contributed by atoms with Crippen molar-refractivity contribution >= 4 is 11.8 Å². The maximum absolute atomic E-state index is 12.4. The van der Waals surface area contributed by atoms with Gasteiger partial charge in [-0.1, -0.05) is 39.5 Å². The summed E-state index contributed by atoms with van der Waals surface area (Å²) in [7, 11) is 0. The molecule has 1 heterocycles. The molecule has 2 fully saturated rings. The van der Waals surface area contributed by atoms with E-state index in [2.05, 4.69) is 19.2 Å². The molecule has 0 bridgehead atoms. The average Bonchev–Trinajstić information content (AvgIpc) is 3.40. The van der Waals surface area contributed by atoms with Crippen molar-refractivity contribution in [1.29, 1.82) is 0 Å². The minimum atomic E-state index is 0.165. The second-order valence-electron chi connectivity index (χ2n) is 7.34. The number of unbranched alkanes of at least 4 members (excludes halogenated alkanes) is 3. The number of piperidine rings is 1. The molecule has 2 aliphatic rings. The molecule has 2 amide bonds. The van der Waals surface area contributed by atoms with Crippen LogP contribution in [0.3, 0.4) is 0 Å². The Balaban J connectivity index is 1.67. The summed E-state index contributed by atoms with van der Waals surface area (Å²) in [6.45, 7) is 5.95. The van der Waals surface area contributed by atoms with Crippen molar-refractivity contribution in [3.63, 3.8) is 0 Å². The lowest BCUT2D eigenvalue weighted by molar-refractivity contribution is -0.133. The number of rotatable bonds is 9. The molecule has 0 aromatic rings. The fourth-order valence-electron chi connectivity index (χ4n) is 3.49. The summed E-state index contributed by atoms with van der Waals surface area (Å²) >= 11 is 0. The van der Waals surface area contributed by atoms with Gasteiger partial charge in [0, 0.05) is 31.0 Å². The Morgan fingerprint density at radius 3 is 2.30 bits per heavy atom. The number of carbonyl (C=O) groups is 2. The van der Waals surface area contributed by atoms with Gasteiger partial charge in [0.05, 0.1) is 0 Å². The normalized spacial score (nSPS) is 20.3. The smallest absolute Gasteiger partial charge is 0.225 e. The third-order valence-electron chi connectivity index (χ3n) is 5.35. The predicted molar refractivity (Wildman–Crippen MR) is 93.0 cm³/mol. The summed E-state index contributed by atoms with van der Waals surface area (Å²) in [5.74, 6) is 1.06. The second kappa shape index (κ2) is 9.29. The van der Waals surface area contributed by atoms with E-state index < -0.39 is 0 Å². The standard InChI is InChI=1S/C19H34N2O2/c1-3-5-6-7-8-15(4-2)18(22)20-17-11-13-21(14-12-17)19(23)16-9-10-16/h15-17H,3-14H2,1-2H3,(H,20,22)/t15-/m1/s1. The zero-order valence-electron chi connectivity index (χ0n) is 15.0. The molecular weight excluding hydrogens is 288 g/mol. The highest BCUT2D eigenvalue weighted by atomic mass is 16.2. The first kappa shape index (κ1) is 18.3. The van der Waals surface area contributed by atoms with Crippen LogP contribution < -0.4 is 5.32 Å². The molecule has 2 rings (SSSR count).